The largest absolute Gasteiger partial charge is 0.357 e. The molecule has 0 spiro atoms. The Bertz CT molecular complexity index is 426. The Morgan fingerprint density at radius 1 is 1.07 bits per heavy atom. The number of aliphatic imine (C=N–C) groups is 1. The van der Waals surface area contributed by atoms with E-state index in [9.17, 15) is 4.79 Å². The van der Waals surface area contributed by atoms with Crippen molar-refractivity contribution < 1.29 is 4.79 Å². The van der Waals surface area contributed by atoms with Crippen LogP contribution >= 0.6 is 0 Å². The zero-order valence-corrected chi connectivity index (χ0v) is 18.4. The van der Waals surface area contributed by atoms with Crippen molar-refractivity contribution in [3.63, 3.8) is 0 Å². The number of nitrogens with one attached hydrogen (secondary N) is 2. The van der Waals surface area contributed by atoms with Crippen molar-refractivity contribution in [1.29, 1.82) is 0 Å². The lowest BCUT2D eigenvalue weighted by molar-refractivity contribution is -0.130. The molecule has 1 aliphatic rings. The first-order valence-electron chi connectivity index (χ1n) is 11.0. The summed E-state index contributed by atoms with van der Waals surface area (Å²) in [6, 6.07) is 0. The number of amides is 1. The zero-order valence-electron chi connectivity index (χ0n) is 18.4. The molecule has 0 aliphatic carbocycles. The molecule has 1 heterocycles. The quantitative estimate of drug-likeness (QED) is 0.328. The Morgan fingerprint density at radius 3 is 2.33 bits per heavy atom. The minimum atomic E-state index is 0.202. The van der Waals surface area contributed by atoms with Crippen LogP contribution in [0.15, 0.2) is 4.99 Å². The highest BCUT2D eigenvalue weighted by Crippen LogP contribution is 2.20. The van der Waals surface area contributed by atoms with Crippen molar-refractivity contribution in [2.75, 3.05) is 52.4 Å². The molecule has 2 unspecified atom stereocenters. The maximum Gasteiger partial charge on any atom is 0.224 e. The molecule has 1 aliphatic heterocycles. The van der Waals surface area contributed by atoms with E-state index in [0.29, 0.717) is 13.0 Å². The summed E-state index contributed by atoms with van der Waals surface area (Å²) in [6.07, 6.45) is 4.18. The maximum atomic E-state index is 12.1. The molecule has 1 amide bonds. The Labute approximate surface area is 167 Å². The minimum absolute atomic E-state index is 0.202. The van der Waals surface area contributed by atoms with Crippen molar-refractivity contribution in [1.82, 2.24) is 20.4 Å². The lowest BCUT2D eigenvalue weighted by Crippen LogP contribution is -2.40. The fourth-order valence-corrected chi connectivity index (χ4v) is 3.98. The number of unbranched alkanes of at least 4 members (excludes halogenated alkanes) is 1. The molecule has 2 N–H and O–H groups in total. The highest BCUT2D eigenvalue weighted by Gasteiger charge is 2.20. The van der Waals surface area contributed by atoms with Crippen LogP contribution in [-0.2, 0) is 4.79 Å². The lowest BCUT2D eigenvalue weighted by atomic mass is 9.92. The lowest BCUT2D eigenvalue weighted by Gasteiger charge is -2.34. The molecule has 1 rings (SSSR count). The normalized spacial score (nSPS) is 21.1. The number of piperidine rings is 1. The van der Waals surface area contributed by atoms with Crippen molar-refractivity contribution in [2.45, 2.75) is 60.3 Å². The first-order valence-corrected chi connectivity index (χ1v) is 11.0. The van der Waals surface area contributed by atoms with Gasteiger partial charge >= 0.3 is 0 Å². The fourth-order valence-electron chi connectivity index (χ4n) is 3.98. The van der Waals surface area contributed by atoms with Gasteiger partial charge in [0.1, 0.15) is 0 Å². The smallest absolute Gasteiger partial charge is 0.224 e. The van der Waals surface area contributed by atoms with E-state index in [0.717, 1.165) is 50.4 Å². The standard InChI is InChI=1S/C21H43N5O/c1-6-22-21(24-13-11-20(27)26(7-2)8-3)23-12-9-10-14-25-16-18(4)15-19(5)17-25/h18-19H,6-17H2,1-5H3,(H2,22,23,24). The second kappa shape index (κ2) is 13.8. The van der Waals surface area contributed by atoms with E-state index >= 15 is 0 Å². The number of rotatable bonds is 11. The van der Waals surface area contributed by atoms with Gasteiger partial charge in [0, 0.05) is 52.2 Å². The van der Waals surface area contributed by atoms with Crippen LogP contribution in [0.5, 0.6) is 0 Å². The summed E-state index contributed by atoms with van der Waals surface area (Å²) < 4.78 is 0. The van der Waals surface area contributed by atoms with Crippen molar-refractivity contribution in [2.24, 2.45) is 16.8 Å². The SMILES string of the molecule is CCNC(=NCCCCN1CC(C)CC(C)C1)NCCC(=O)N(CC)CC. The van der Waals surface area contributed by atoms with E-state index in [2.05, 4.69) is 41.3 Å². The topological polar surface area (TPSA) is 60.0 Å². The molecular formula is C21H43N5O. The van der Waals surface area contributed by atoms with Gasteiger partial charge in [-0.25, -0.2) is 0 Å². The number of nitrogens with zero attached hydrogens (tertiary/aromatic N) is 3. The second-order valence-corrected chi connectivity index (χ2v) is 7.92. The summed E-state index contributed by atoms with van der Waals surface area (Å²) >= 11 is 0. The summed E-state index contributed by atoms with van der Waals surface area (Å²) in [5, 5.41) is 6.56. The monoisotopic (exact) mass is 381 g/mol. The van der Waals surface area contributed by atoms with Crippen LogP contribution in [0.3, 0.4) is 0 Å². The Balaban J connectivity index is 2.25. The molecule has 27 heavy (non-hydrogen) atoms. The average Bonchev–Trinajstić information content (AvgIpc) is 2.61. The number of likely N-dealkylation sites (tertiary alicyclic amines) is 1. The molecule has 0 saturated carbocycles. The summed E-state index contributed by atoms with van der Waals surface area (Å²) in [6.45, 7) is 18.4. The molecule has 158 valence electrons. The van der Waals surface area contributed by atoms with Gasteiger partial charge < -0.3 is 20.4 Å². The van der Waals surface area contributed by atoms with Crippen molar-refractivity contribution in [3.05, 3.63) is 0 Å². The Hall–Kier alpha value is -1.30. The summed E-state index contributed by atoms with van der Waals surface area (Å²) in [4.78, 5) is 21.2. The van der Waals surface area contributed by atoms with Crippen LogP contribution in [0.2, 0.25) is 0 Å². The van der Waals surface area contributed by atoms with Gasteiger partial charge in [-0.1, -0.05) is 13.8 Å². The van der Waals surface area contributed by atoms with Crippen molar-refractivity contribution in [3.8, 4) is 0 Å². The first-order chi connectivity index (χ1) is 13.0. The van der Waals surface area contributed by atoms with Crippen LogP contribution in [0, 0.1) is 11.8 Å². The summed E-state index contributed by atoms with van der Waals surface area (Å²) in [7, 11) is 0. The van der Waals surface area contributed by atoms with E-state index in [1.165, 1.54) is 32.5 Å². The molecular weight excluding hydrogens is 338 g/mol. The van der Waals surface area contributed by atoms with E-state index in [4.69, 9.17) is 0 Å². The number of hydrogen-bond donors (Lipinski definition) is 2. The van der Waals surface area contributed by atoms with Gasteiger partial charge in [-0.15, -0.1) is 0 Å². The van der Waals surface area contributed by atoms with Crippen LogP contribution in [-0.4, -0.2) is 74.0 Å². The van der Waals surface area contributed by atoms with E-state index in [1.807, 2.05) is 18.7 Å². The molecule has 2 atom stereocenters. The molecule has 1 fully saturated rings. The van der Waals surface area contributed by atoms with E-state index in [1.54, 1.807) is 0 Å². The maximum absolute atomic E-state index is 12.1. The molecule has 1 saturated heterocycles. The second-order valence-electron chi connectivity index (χ2n) is 7.92. The van der Waals surface area contributed by atoms with Gasteiger partial charge in [-0.05, 0) is 58.4 Å². The third kappa shape index (κ3) is 9.99. The molecule has 0 bridgehead atoms. The number of carbonyl (C=O) groups excluding carboxylic acids is 1. The fraction of sp³-hybridized carbons (Fsp3) is 0.905. The third-order valence-electron chi connectivity index (χ3n) is 5.19. The molecule has 6 nitrogen and oxygen atoms in total. The minimum Gasteiger partial charge on any atom is -0.357 e. The van der Waals surface area contributed by atoms with Crippen LogP contribution in [0.25, 0.3) is 0 Å². The molecule has 0 aromatic rings. The number of hydrogen-bond acceptors (Lipinski definition) is 3. The highest BCUT2D eigenvalue weighted by atomic mass is 16.2. The Kier molecular flexibility index (Phi) is 12.1. The Morgan fingerprint density at radius 2 is 1.74 bits per heavy atom. The van der Waals surface area contributed by atoms with Crippen molar-refractivity contribution >= 4 is 11.9 Å². The highest BCUT2D eigenvalue weighted by molar-refractivity contribution is 5.81. The number of carbonyl (C=O) groups is 1. The van der Waals surface area contributed by atoms with Gasteiger partial charge in [-0.3, -0.25) is 9.79 Å². The van der Waals surface area contributed by atoms with E-state index < -0.39 is 0 Å². The molecule has 0 aromatic carbocycles. The third-order valence-corrected chi connectivity index (χ3v) is 5.19. The summed E-state index contributed by atoms with van der Waals surface area (Å²) in [5.41, 5.74) is 0. The van der Waals surface area contributed by atoms with Gasteiger partial charge in [-0.2, -0.15) is 0 Å². The van der Waals surface area contributed by atoms with Crippen LogP contribution in [0.1, 0.15) is 60.3 Å². The van der Waals surface area contributed by atoms with Gasteiger partial charge in [0.05, 0.1) is 0 Å². The molecule has 0 aromatic heterocycles. The van der Waals surface area contributed by atoms with Gasteiger partial charge in [0.25, 0.3) is 0 Å². The van der Waals surface area contributed by atoms with Gasteiger partial charge in [0.2, 0.25) is 5.91 Å². The summed E-state index contributed by atoms with van der Waals surface area (Å²) in [5.74, 6) is 2.68. The predicted octanol–water partition coefficient (Wildman–Crippen LogP) is 2.56. The van der Waals surface area contributed by atoms with Crippen LogP contribution < -0.4 is 10.6 Å². The number of guanidine groups is 1. The molecule has 6 heteroatoms. The first kappa shape index (κ1) is 23.7. The van der Waals surface area contributed by atoms with E-state index in [-0.39, 0.29) is 5.91 Å². The van der Waals surface area contributed by atoms with Crippen LogP contribution in [0.4, 0.5) is 0 Å². The zero-order chi connectivity index (χ0) is 20.1. The van der Waals surface area contributed by atoms with Gasteiger partial charge in [0.15, 0.2) is 5.96 Å². The molecule has 0 radical (unpaired) electrons. The predicted molar refractivity (Wildman–Crippen MR) is 115 cm³/mol. The average molecular weight is 382 g/mol.